The van der Waals surface area contributed by atoms with Crippen LogP contribution in [-0.2, 0) is 13.1 Å². The van der Waals surface area contributed by atoms with Crippen LogP contribution in [0.4, 0.5) is 4.39 Å². The van der Waals surface area contributed by atoms with Crippen molar-refractivity contribution in [3.05, 3.63) is 48.3 Å². The monoisotopic (exact) mass is 375 g/mol. The average molecular weight is 375 g/mol. The van der Waals surface area contributed by atoms with Crippen LogP contribution in [0.3, 0.4) is 0 Å². The first-order chi connectivity index (χ1) is 12.8. The second-order valence-corrected chi connectivity index (χ2v) is 8.52. The molecule has 1 saturated heterocycles. The molecule has 1 N–H and O–H groups in total. The molecule has 6 nitrogen and oxygen atoms in total. The topological polar surface area (TPSA) is 57.4 Å². The molecule has 1 aliphatic heterocycles. The van der Waals surface area contributed by atoms with E-state index in [9.17, 15) is 9.50 Å². The lowest BCUT2D eigenvalue weighted by molar-refractivity contribution is -0.0990. The van der Waals surface area contributed by atoms with Gasteiger partial charge in [-0.2, -0.15) is 5.10 Å². The summed E-state index contributed by atoms with van der Waals surface area (Å²) in [4.78, 5) is 8.54. The molecule has 2 heterocycles. The number of aliphatic hydroxyl groups is 1. The summed E-state index contributed by atoms with van der Waals surface area (Å²) in [6.07, 6.45) is 3.13. The Balaban J connectivity index is 1.58. The fraction of sp³-hybridized carbons (Fsp3) is 0.600. The van der Waals surface area contributed by atoms with Crippen LogP contribution in [0.5, 0.6) is 0 Å². The zero-order valence-electron chi connectivity index (χ0n) is 16.5. The molecule has 1 aromatic carbocycles. The predicted octanol–water partition coefficient (Wildman–Crippen LogP) is 2.01. The van der Waals surface area contributed by atoms with E-state index in [0.29, 0.717) is 19.6 Å². The number of hydrogen-bond donors (Lipinski definition) is 1. The molecule has 1 atom stereocenters. The number of piperazine rings is 1. The maximum atomic E-state index is 13.9. The maximum Gasteiger partial charge on any atom is 0.137 e. The van der Waals surface area contributed by atoms with Crippen LogP contribution in [0.25, 0.3) is 0 Å². The number of β-amino-alcohol motifs (C(OH)–C–C–N with tert-alkyl or cyclic N) is 1. The molecule has 0 bridgehead atoms. The van der Waals surface area contributed by atoms with Gasteiger partial charge in [-0.25, -0.2) is 9.37 Å². The number of aromatic nitrogens is 3. The first-order valence-corrected chi connectivity index (χ1v) is 9.50. The zero-order chi connectivity index (χ0) is 19.5. The van der Waals surface area contributed by atoms with E-state index in [-0.39, 0.29) is 11.2 Å². The molecule has 2 aromatic rings. The predicted molar refractivity (Wildman–Crippen MR) is 103 cm³/mol. The molecular formula is C20H30FN5O. The molecule has 0 amide bonds. The van der Waals surface area contributed by atoms with E-state index in [1.807, 2.05) is 12.1 Å². The van der Waals surface area contributed by atoms with Crippen molar-refractivity contribution in [2.24, 2.45) is 5.41 Å². The average Bonchev–Trinajstić information content (AvgIpc) is 3.10. The summed E-state index contributed by atoms with van der Waals surface area (Å²) in [5.41, 5.74) is -0.485. The van der Waals surface area contributed by atoms with E-state index in [2.05, 4.69) is 40.7 Å². The Bertz CT molecular complexity index is 722. The van der Waals surface area contributed by atoms with Crippen molar-refractivity contribution in [3.63, 3.8) is 0 Å². The van der Waals surface area contributed by atoms with Gasteiger partial charge in [0.25, 0.3) is 0 Å². The van der Waals surface area contributed by atoms with Crippen LogP contribution >= 0.6 is 0 Å². The van der Waals surface area contributed by atoms with Crippen LogP contribution in [-0.4, -0.2) is 68.0 Å². The van der Waals surface area contributed by atoms with Gasteiger partial charge in [0.05, 0.1) is 6.54 Å². The smallest absolute Gasteiger partial charge is 0.137 e. The van der Waals surface area contributed by atoms with Crippen LogP contribution < -0.4 is 0 Å². The van der Waals surface area contributed by atoms with Crippen molar-refractivity contribution < 1.29 is 9.50 Å². The molecule has 0 aliphatic carbocycles. The molecule has 148 valence electrons. The molecule has 0 radical (unpaired) electrons. The standard InChI is InChI=1S/C20H30FN5O/c1-19(2,3)20(27,14-26-16-22-15-23-26)13-25-10-8-24(9-11-25)12-17-6-4-5-7-18(17)21/h4-7,15-16,27H,8-14H2,1-3H3. The molecule has 7 heteroatoms. The van der Waals surface area contributed by atoms with E-state index < -0.39 is 5.60 Å². The van der Waals surface area contributed by atoms with E-state index in [1.165, 1.54) is 12.4 Å². The summed E-state index contributed by atoms with van der Waals surface area (Å²) >= 11 is 0. The summed E-state index contributed by atoms with van der Waals surface area (Å²) < 4.78 is 15.6. The summed E-state index contributed by atoms with van der Waals surface area (Å²) in [6, 6.07) is 6.96. The van der Waals surface area contributed by atoms with Crippen LogP contribution in [0.2, 0.25) is 0 Å². The highest BCUT2D eigenvalue weighted by Crippen LogP contribution is 2.33. The summed E-state index contributed by atoms with van der Waals surface area (Å²) in [5, 5.41) is 15.6. The highest BCUT2D eigenvalue weighted by atomic mass is 19.1. The van der Waals surface area contributed by atoms with Gasteiger partial charge in [-0.1, -0.05) is 39.0 Å². The lowest BCUT2D eigenvalue weighted by Crippen LogP contribution is -2.58. The lowest BCUT2D eigenvalue weighted by atomic mass is 9.76. The number of halogens is 1. The van der Waals surface area contributed by atoms with Crippen LogP contribution in [0.1, 0.15) is 26.3 Å². The quantitative estimate of drug-likeness (QED) is 0.837. The van der Waals surface area contributed by atoms with Crippen molar-refractivity contribution in [2.75, 3.05) is 32.7 Å². The number of nitrogens with zero attached hydrogens (tertiary/aromatic N) is 5. The Morgan fingerprint density at radius 2 is 1.70 bits per heavy atom. The first-order valence-electron chi connectivity index (χ1n) is 9.50. The Morgan fingerprint density at radius 1 is 1.04 bits per heavy atom. The molecule has 1 fully saturated rings. The van der Waals surface area contributed by atoms with E-state index in [4.69, 9.17) is 0 Å². The van der Waals surface area contributed by atoms with Gasteiger partial charge in [0, 0.05) is 44.8 Å². The first kappa shape index (κ1) is 19.9. The minimum Gasteiger partial charge on any atom is -0.386 e. The lowest BCUT2D eigenvalue weighted by Gasteiger charge is -2.45. The molecule has 27 heavy (non-hydrogen) atoms. The number of hydrogen-bond acceptors (Lipinski definition) is 5. The van der Waals surface area contributed by atoms with Gasteiger partial charge < -0.3 is 5.11 Å². The van der Waals surface area contributed by atoms with Crippen LogP contribution in [0, 0.1) is 11.2 Å². The van der Waals surface area contributed by atoms with Crippen molar-refractivity contribution in [1.29, 1.82) is 0 Å². The summed E-state index contributed by atoms with van der Waals surface area (Å²) in [5.74, 6) is -0.144. The minimum atomic E-state index is -0.922. The molecule has 0 spiro atoms. The van der Waals surface area contributed by atoms with Gasteiger partial charge in [0.15, 0.2) is 0 Å². The molecule has 1 aliphatic rings. The second kappa shape index (κ2) is 8.04. The molecule has 1 aromatic heterocycles. The third-order valence-corrected chi connectivity index (χ3v) is 5.59. The van der Waals surface area contributed by atoms with E-state index >= 15 is 0 Å². The minimum absolute atomic E-state index is 0.144. The summed E-state index contributed by atoms with van der Waals surface area (Å²) in [7, 11) is 0. The molecular weight excluding hydrogens is 345 g/mol. The SMILES string of the molecule is CC(C)(C)C(O)(CN1CCN(Cc2ccccc2F)CC1)Cn1cncn1. The number of benzene rings is 1. The largest absolute Gasteiger partial charge is 0.386 e. The highest BCUT2D eigenvalue weighted by molar-refractivity contribution is 5.17. The zero-order valence-corrected chi connectivity index (χ0v) is 16.5. The van der Waals surface area contributed by atoms with Crippen LogP contribution in [0.15, 0.2) is 36.9 Å². The maximum absolute atomic E-state index is 13.9. The Labute approximate surface area is 160 Å². The normalized spacial score (nSPS) is 19.1. The van der Waals surface area contributed by atoms with Gasteiger partial charge in [-0.15, -0.1) is 0 Å². The van der Waals surface area contributed by atoms with Gasteiger partial charge in [0.1, 0.15) is 24.1 Å². The van der Waals surface area contributed by atoms with Crippen molar-refractivity contribution >= 4 is 0 Å². The fourth-order valence-electron chi connectivity index (χ4n) is 3.45. The highest BCUT2D eigenvalue weighted by Gasteiger charge is 2.42. The molecule has 3 rings (SSSR count). The summed E-state index contributed by atoms with van der Waals surface area (Å²) in [6.45, 7) is 11.2. The van der Waals surface area contributed by atoms with Crippen molar-refractivity contribution in [3.8, 4) is 0 Å². The van der Waals surface area contributed by atoms with Gasteiger partial charge in [-0.3, -0.25) is 14.5 Å². The van der Waals surface area contributed by atoms with Crippen molar-refractivity contribution in [1.82, 2.24) is 24.6 Å². The third-order valence-electron chi connectivity index (χ3n) is 5.59. The Morgan fingerprint density at radius 3 is 2.30 bits per heavy atom. The molecule has 1 unspecified atom stereocenters. The van der Waals surface area contributed by atoms with Gasteiger partial charge >= 0.3 is 0 Å². The Hall–Kier alpha value is -1.83. The van der Waals surface area contributed by atoms with Crippen molar-refractivity contribution in [2.45, 2.75) is 39.5 Å². The van der Waals surface area contributed by atoms with E-state index in [0.717, 1.165) is 31.7 Å². The fourth-order valence-corrected chi connectivity index (χ4v) is 3.45. The van der Waals surface area contributed by atoms with Gasteiger partial charge in [-0.05, 0) is 11.5 Å². The number of rotatable bonds is 6. The Kier molecular flexibility index (Phi) is 5.93. The van der Waals surface area contributed by atoms with E-state index in [1.54, 1.807) is 17.1 Å². The second-order valence-electron chi connectivity index (χ2n) is 8.52. The third kappa shape index (κ3) is 4.91. The van der Waals surface area contributed by atoms with Gasteiger partial charge in [0.2, 0.25) is 0 Å². The molecule has 0 saturated carbocycles.